The van der Waals surface area contributed by atoms with Gasteiger partial charge in [0.05, 0.1) is 6.10 Å². The molecule has 0 aliphatic heterocycles. The lowest BCUT2D eigenvalue weighted by Gasteiger charge is -2.12. The van der Waals surface area contributed by atoms with Gasteiger partial charge in [-0.05, 0) is 26.0 Å². The van der Waals surface area contributed by atoms with Gasteiger partial charge in [0, 0.05) is 30.0 Å². The van der Waals surface area contributed by atoms with Gasteiger partial charge in [0.2, 0.25) is 0 Å². The number of rotatable bonds is 4. The molecule has 0 aliphatic carbocycles. The Morgan fingerprint density at radius 2 is 1.74 bits per heavy atom. The largest absolute Gasteiger partial charge is 0.491 e. The van der Waals surface area contributed by atoms with E-state index in [1.807, 2.05) is 13.8 Å². The number of anilines is 1. The number of hydrogen-bond donors (Lipinski definition) is 1. The van der Waals surface area contributed by atoms with Gasteiger partial charge in [-0.2, -0.15) is 0 Å². The first-order valence-corrected chi connectivity index (χ1v) is 6.03. The molecule has 0 atom stereocenters. The van der Waals surface area contributed by atoms with Gasteiger partial charge in [-0.1, -0.05) is 6.07 Å². The van der Waals surface area contributed by atoms with E-state index in [1.54, 1.807) is 30.3 Å². The third-order valence-corrected chi connectivity index (χ3v) is 2.31. The maximum Gasteiger partial charge on any atom is 0.133 e. The van der Waals surface area contributed by atoms with Crippen molar-refractivity contribution in [3.63, 3.8) is 0 Å². The van der Waals surface area contributed by atoms with E-state index in [1.165, 1.54) is 12.1 Å². The Morgan fingerprint density at radius 3 is 2.42 bits per heavy atom. The molecule has 0 aromatic heterocycles. The van der Waals surface area contributed by atoms with E-state index < -0.39 is 0 Å². The van der Waals surface area contributed by atoms with Gasteiger partial charge in [-0.25, -0.2) is 4.39 Å². The summed E-state index contributed by atoms with van der Waals surface area (Å²) >= 11 is 0. The van der Waals surface area contributed by atoms with Crippen molar-refractivity contribution in [2.75, 3.05) is 5.73 Å². The minimum atomic E-state index is -0.347. The Hall–Kier alpha value is -2.23. The predicted octanol–water partition coefficient (Wildman–Crippen LogP) is 3.99. The summed E-state index contributed by atoms with van der Waals surface area (Å²) in [5.74, 6) is 1.21. The second kappa shape index (κ2) is 5.61. The van der Waals surface area contributed by atoms with Crippen molar-refractivity contribution in [3.8, 4) is 17.2 Å². The SMILES string of the molecule is CC(C)Oc1cc(N)cc(Oc2cccc(F)c2)c1. The van der Waals surface area contributed by atoms with Crippen LogP contribution < -0.4 is 15.2 Å². The van der Waals surface area contributed by atoms with Gasteiger partial charge in [0.1, 0.15) is 23.1 Å². The van der Waals surface area contributed by atoms with Crippen LogP contribution in [0.15, 0.2) is 42.5 Å². The van der Waals surface area contributed by atoms with Crippen molar-refractivity contribution in [1.29, 1.82) is 0 Å². The molecule has 4 heteroatoms. The second-order valence-electron chi connectivity index (χ2n) is 4.46. The lowest BCUT2D eigenvalue weighted by molar-refractivity contribution is 0.242. The molecule has 0 aliphatic rings. The highest BCUT2D eigenvalue weighted by atomic mass is 19.1. The van der Waals surface area contributed by atoms with E-state index in [2.05, 4.69) is 0 Å². The summed E-state index contributed by atoms with van der Waals surface area (Å²) in [7, 11) is 0. The Bertz CT molecular complexity index is 570. The van der Waals surface area contributed by atoms with Crippen LogP contribution in [0.3, 0.4) is 0 Å². The van der Waals surface area contributed by atoms with Gasteiger partial charge in [0.15, 0.2) is 0 Å². The van der Waals surface area contributed by atoms with Crippen molar-refractivity contribution in [3.05, 3.63) is 48.3 Å². The van der Waals surface area contributed by atoms with Gasteiger partial charge < -0.3 is 15.2 Å². The second-order valence-corrected chi connectivity index (χ2v) is 4.46. The lowest BCUT2D eigenvalue weighted by atomic mass is 10.2. The molecule has 0 saturated carbocycles. The van der Waals surface area contributed by atoms with Crippen LogP contribution in [0.5, 0.6) is 17.2 Å². The van der Waals surface area contributed by atoms with Crippen molar-refractivity contribution in [1.82, 2.24) is 0 Å². The smallest absolute Gasteiger partial charge is 0.133 e. The molecule has 0 heterocycles. The van der Waals surface area contributed by atoms with E-state index >= 15 is 0 Å². The summed E-state index contributed by atoms with van der Waals surface area (Å²) < 4.78 is 24.2. The summed E-state index contributed by atoms with van der Waals surface area (Å²) in [4.78, 5) is 0. The van der Waals surface area contributed by atoms with E-state index in [9.17, 15) is 4.39 Å². The Morgan fingerprint density at radius 1 is 1.00 bits per heavy atom. The Kier molecular flexibility index (Phi) is 3.90. The number of nitrogen functional groups attached to an aromatic ring is 1. The number of ether oxygens (including phenoxy) is 2. The monoisotopic (exact) mass is 261 g/mol. The summed E-state index contributed by atoms with van der Waals surface area (Å²) in [6.45, 7) is 3.85. The van der Waals surface area contributed by atoms with Crippen LogP contribution in [0.2, 0.25) is 0 Å². The molecular formula is C15H16FNO2. The third kappa shape index (κ3) is 3.88. The Balaban J connectivity index is 2.22. The normalized spacial score (nSPS) is 10.5. The zero-order valence-electron chi connectivity index (χ0n) is 10.9. The van der Waals surface area contributed by atoms with Crippen molar-refractivity contribution < 1.29 is 13.9 Å². The first kappa shape index (κ1) is 13.2. The van der Waals surface area contributed by atoms with E-state index in [0.717, 1.165) is 0 Å². The van der Waals surface area contributed by atoms with Gasteiger partial charge >= 0.3 is 0 Å². The molecule has 2 N–H and O–H groups in total. The zero-order valence-corrected chi connectivity index (χ0v) is 10.9. The highest BCUT2D eigenvalue weighted by molar-refractivity contribution is 5.51. The van der Waals surface area contributed by atoms with Gasteiger partial charge in [-0.15, -0.1) is 0 Å². The van der Waals surface area contributed by atoms with Crippen molar-refractivity contribution >= 4 is 5.69 Å². The first-order chi connectivity index (χ1) is 9.02. The molecule has 2 aromatic carbocycles. The van der Waals surface area contributed by atoms with Crippen LogP contribution >= 0.6 is 0 Å². The highest BCUT2D eigenvalue weighted by Gasteiger charge is 2.05. The first-order valence-electron chi connectivity index (χ1n) is 6.03. The fourth-order valence-corrected chi connectivity index (χ4v) is 1.66. The molecule has 0 fully saturated rings. The summed E-state index contributed by atoms with van der Waals surface area (Å²) in [6.07, 6.45) is 0.0452. The number of halogens is 1. The molecule has 0 unspecified atom stereocenters. The van der Waals surface area contributed by atoms with Gasteiger partial charge in [-0.3, -0.25) is 0 Å². The molecule has 0 saturated heterocycles. The van der Waals surface area contributed by atoms with E-state index in [0.29, 0.717) is 22.9 Å². The molecular weight excluding hydrogens is 245 g/mol. The van der Waals surface area contributed by atoms with E-state index in [4.69, 9.17) is 15.2 Å². The van der Waals surface area contributed by atoms with Crippen molar-refractivity contribution in [2.45, 2.75) is 20.0 Å². The molecule has 0 bridgehead atoms. The predicted molar refractivity (Wildman–Crippen MR) is 73.1 cm³/mol. The minimum absolute atomic E-state index is 0.0452. The van der Waals surface area contributed by atoms with Gasteiger partial charge in [0.25, 0.3) is 0 Å². The molecule has 3 nitrogen and oxygen atoms in total. The van der Waals surface area contributed by atoms with Crippen LogP contribution in [0, 0.1) is 5.82 Å². The minimum Gasteiger partial charge on any atom is -0.491 e. The lowest BCUT2D eigenvalue weighted by Crippen LogP contribution is -2.05. The van der Waals surface area contributed by atoms with Crippen LogP contribution in [-0.4, -0.2) is 6.10 Å². The maximum atomic E-state index is 13.1. The molecule has 0 amide bonds. The molecule has 100 valence electrons. The number of hydrogen-bond acceptors (Lipinski definition) is 3. The fourth-order valence-electron chi connectivity index (χ4n) is 1.66. The van der Waals surface area contributed by atoms with Crippen molar-refractivity contribution in [2.24, 2.45) is 0 Å². The van der Waals surface area contributed by atoms with Crippen LogP contribution in [0.4, 0.5) is 10.1 Å². The molecule has 0 radical (unpaired) electrons. The topological polar surface area (TPSA) is 44.5 Å². The average molecular weight is 261 g/mol. The number of nitrogens with two attached hydrogens (primary N) is 1. The molecule has 19 heavy (non-hydrogen) atoms. The van der Waals surface area contributed by atoms with Crippen LogP contribution in [0.1, 0.15) is 13.8 Å². The molecule has 2 rings (SSSR count). The highest BCUT2D eigenvalue weighted by Crippen LogP contribution is 2.29. The van der Waals surface area contributed by atoms with Crippen LogP contribution in [-0.2, 0) is 0 Å². The molecule has 0 spiro atoms. The third-order valence-electron chi connectivity index (χ3n) is 2.31. The summed E-state index contributed by atoms with van der Waals surface area (Å²) in [5, 5.41) is 0. The summed E-state index contributed by atoms with van der Waals surface area (Å²) in [6, 6.07) is 11.0. The number of benzene rings is 2. The quantitative estimate of drug-likeness (QED) is 0.846. The Labute approximate surface area is 111 Å². The zero-order chi connectivity index (χ0) is 13.8. The fraction of sp³-hybridized carbons (Fsp3) is 0.200. The standard InChI is InChI=1S/C15H16FNO2/c1-10(2)18-14-7-12(17)8-15(9-14)19-13-5-3-4-11(16)6-13/h3-10H,17H2,1-2H3. The summed E-state index contributed by atoms with van der Waals surface area (Å²) in [5.41, 5.74) is 6.32. The van der Waals surface area contributed by atoms with E-state index in [-0.39, 0.29) is 11.9 Å². The van der Waals surface area contributed by atoms with Crippen LogP contribution in [0.25, 0.3) is 0 Å². The molecule has 2 aromatic rings. The average Bonchev–Trinajstić information content (AvgIpc) is 2.26. The maximum absolute atomic E-state index is 13.1.